The summed E-state index contributed by atoms with van der Waals surface area (Å²) in [6.45, 7) is 0. The van der Waals surface area contributed by atoms with Gasteiger partial charge >= 0.3 is 0 Å². The molecule has 2 rings (SSSR count). The summed E-state index contributed by atoms with van der Waals surface area (Å²) >= 11 is 0. The van der Waals surface area contributed by atoms with E-state index >= 15 is 0 Å². The molecule has 0 aliphatic carbocycles. The quantitative estimate of drug-likeness (QED) is 0.760. The third-order valence-electron chi connectivity index (χ3n) is 3.60. The van der Waals surface area contributed by atoms with Gasteiger partial charge in [0.1, 0.15) is 22.1 Å². The van der Waals surface area contributed by atoms with E-state index in [4.69, 9.17) is 14.2 Å². The number of hydrogen-bond donors (Lipinski definition) is 2. The molecule has 0 atom stereocenters. The van der Waals surface area contributed by atoms with Crippen LogP contribution in [0.1, 0.15) is 10.4 Å². The molecule has 0 aromatic heterocycles. The summed E-state index contributed by atoms with van der Waals surface area (Å²) in [4.78, 5) is 11.6. The Labute approximate surface area is 152 Å². The van der Waals surface area contributed by atoms with Crippen molar-refractivity contribution in [3.8, 4) is 17.2 Å². The molecule has 2 aromatic carbocycles. The molecule has 9 heteroatoms. The van der Waals surface area contributed by atoms with Gasteiger partial charge in [-0.2, -0.15) is 0 Å². The summed E-state index contributed by atoms with van der Waals surface area (Å²) in [7, 11) is 1.70. The highest BCUT2D eigenvalue weighted by Crippen LogP contribution is 2.32. The number of rotatable bonds is 7. The Morgan fingerprint density at radius 3 is 2.19 bits per heavy atom. The standard InChI is InChI=1S/C17H20N2O6S/c1-18-17(20)11-5-7-13(15(9-11)25-4)19-26(21,22)16-10-12(23-2)6-8-14(16)24-3/h5-10,19H,1-4H3,(H,18,20). The number of carbonyl (C=O) groups excluding carboxylic acids is 1. The van der Waals surface area contributed by atoms with Crippen molar-refractivity contribution < 1.29 is 27.4 Å². The van der Waals surface area contributed by atoms with Gasteiger partial charge in [0.2, 0.25) is 0 Å². The zero-order valence-electron chi connectivity index (χ0n) is 14.8. The van der Waals surface area contributed by atoms with E-state index in [2.05, 4.69) is 10.0 Å². The van der Waals surface area contributed by atoms with Gasteiger partial charge in [-0.1, -0.05) is 0 Å². The van der Waals surface area contributed by atoms with Crippen molar-refractivity contribution >= 4 is 21.6 Å². The maximum Gasteiger partial charge on any atom is 0.265 e. The average Bonchev–Trinajstić information content (AvgIpc) is 2.66. The summed E-state index contributed by atoms with van der Waals surface area (Å²) in [5.41, 5.74) is 0.524. The van der Waals surface area contributed by atoms with Crippen LogP contribution in [0.2, 0.25) is 0 Å². The van der Waals surface area contributed by atoms with Crippen molar-refractivity contribution in [2.45, 2.75) is 4.90 Å². The number of benzene rings is 2. The Hall–Kier alpha value is -2.94. The smallest absolute Gasteiger partial charge is 0.265 e. The molecule has 1 amide bonds. The van der Waals surface area contributed by atoms with Crippen molar-refractivity contribution in [3.63, 3.8) is 0 Å². The predicted octanol–water partition coefficient (Wildman–Crippen LogP) is 1.87. The van der Waals surface area contributed by atoms with Crippen LogP contribution in [0.5, 0.6) is 17.2 Å². The fourth-order valence-corrected chi connectivity index (χ4v) is 3.51. The summed E-state index contributed by atoms with van der Waals surface area (Å²) in [5, 5.41) is 2.49. The Morgan fingerprint density at radius 2 is 1.62 bits per heavy atom. The molecule has 0 aliphatic heterocycles. The van der Waals surface area contributed by atoms with Crippen molar-refractivity contribution in [3.05, 3.63) is 42.0 Å². The number of hydrogen-bond acceptors (Lipinski definition) is 6. The van der Waals surface area contributed by atoms with Crippen LogP contribution in [0.4, 0.5) is 5.69 Å². The highest BCUT2D eigenvalue weighted by atomic mass is 32.2. The number of ether oxygens (including phenoxy) is 3. The van der Waals surface area contributed by atoms with Crippen LogP contribution in [0, 0.1) is 0 Å². The lowest BCUT2D eigenvalue weighted by Gasteiger charge is -2.15. The average molecular weight is 380 g/mol. The van der Waals surface area contributed by atoms with E-state index in [0.29, 0.717) is 11.3 Å². The Bertz CT molecular complexity index is 911. The van der Waals surface area contributed by atoms with Crippen LogP contribution in [0.3, 0.4) is 0 Å². The number of nitrogens with one attached hydrogen (secondary N) is 2. The Balaban J connectivity index is 2.45. The maximum absolute atomic E-state index is 12.8. The molecule has 0 aliphatic rings. The third kappa shape index (κ3) is 3.99. The van der Waals surface area contributed by atoms with Gasteiger partial charge < -0.3 is 19.5 Å². The van der Waals surface area contributed by atoms with E-state index in [-0.39, 0.29) is 28.0 Å². The normalized spacial score (nSPS) is 10.8. The second kappa shape index (κ2) is 7.96. The van der Waals surface area contributed by atoms with Crippen LogP contribution < -0.4 is 24.2 Å². The zero-order valence-corrected chi connectivity index (χ0v) is 15.6. The Kier molecular flexibility index (Phi) is 5.93. The first-order valence-electron chi connectivity index (χ1n) is 7.51. The highest BCUT2D eigenvalue weighted by Gasteiger charge is 2.22. The number of sulfonamides is 1. The van der Waals surface area contributed by atoms with Gasteiger partial charge in [0.05, 0.1) is 27.0 Å². The summed E-state index contributed by atoms with van der Waals surface area (Å²) in [6.07, 6.45) is 0. The molecule has 0 spiro atoms. The van der Waals surface area contributed by atoms with E-state index in [1.165, 1.54) is 58.7 Å². The molecule has 0 saturated carbocycles. The molecule has 0 unspecified atom stereocenters. The van der Waals surface area contributed by atoms with Gasteiger partial charge in [-0.05, 0) is 30.3 Å². The highest BCUT2D eigenvalue weighted by molar-refractivity contribution is 7.92. The van der Waals surface area contributed by atoms with Gasteiger partial charge in [0.15, 0.2) is 0 Å². The second-order valence-electron chi connectivity index (χ2n) is 5.12. The molecule has 26 heavy (non-hydrogen) atoms. The van der Waals surface area contributed by atoms with Crippen molar-refractivity contribution in [1.82, 2.24) is 5.32 Å². The largest absolute Gasteiger partial charge is 0.497 e. The molecule has 140 valence electrons. The molecule has 0 radical (unpaired) electrons. The van der Waals surface area contributed by atoms with E-state index < -0.39 is 10.0 Å². The maximum atomic E-state index is 12.8. The molecule has 8 nitrogen and oxygen atoms in total. The van der Waals surface area contributed by atoms with Crippen molar-refractivity contribution in [2.75, 3.05) is 33.1 Å². The molecule has 0 bridgehead atoms. The first-order valence-corrected chi connectivity index (χ1v) is 8.99. The van der Waals surface area contributed by atoms with Gasteiger partial charge in [-0.25, -0.2) is 8.42 Å². The minimum Gasteiger partial charge on any atom is -0.497 e. The van der Waals surface area contributed by atoms with Crippen LogP contribution in [0.15, 0.2) is 41.3 Å². The first kappa shape index (κ1) is 19.4. The third-order valence-corrected chi connectivity index (χ3v) is 4.98. The molecule has 2 N–H and O–H groups in total. The van der Waals surface area contributed by atoms with E-state index in [1.54, 1.807) is 6.07 Å². The SMILES string of the molecule is CNC(=O)c1ccc(NS(=O)(=O)c2cc(OC)ccc2OC)c(OC)c1. The molecule has 0 heterocycles. The van der Waals surface area contributed by atoms with Crippen molar-refractivity contribution in [1.29, 1.82) is 0 Å². The molecule has 2 aromatic rings. The fraction of sp³-hybridized carbons (Fsp3) is 0.235. The minimum atomic E-state index is -4.00. The minimum absolute atomic E-state index is 0.0863. The monoisotopic (exact) mass is 380 g/mol. The Morgan fingerprint density at radius 1 is 0.923 bits per heavy atom. The molecule has 0 saturated heterocycles. The topological polar surface area (TPSA) is 103 Å². The van der Waals surface area contributed by atoms with Crippen LogP contribution in [-0.2, 0) is 10.0 Å². The molecule has 0 fully saturated rings. The number of methoxy groups -OCH3 is 3. The predicted molar refractivity (Wildman–Crippen MR) is 96.7 cm³/mol. The van der Waals surface area contributed by atoms with Crippen LogP contribution >= 0.6 is 0 Å². The number of amides is 1. The van der Waals surface area contributed by atoms with Crippen LogP contribution in [0.25, 0.3) is 0 Å². The molecular weight excluding hydrogens is 360 g/mol. The van der Waals surface area contributed by atoms with Crippen molar-refractivity contribution in [2.24, 2.45) is 0 Å². The van der Waals surface area contributed by atoms with E-state index in [1.807, 2.05) is 0 Å². The number of carbonyl (C=O) groups is 1. The summed E-state index contributed by atoms with van der Waals surface area (Å²) < 4.78 is 43.5. The summed E-state index contributed by atoms with van der Waals surface area (Å²) in [5.74, 6) is 0.427. The number of anilines is 1. The lowest BCUT2D eigenvalue weighted by Crippen LogP contribution is -2.18. The second-order valence-corrected chi connectivity index (χ2v) is 6.77. The fourth-order valence-electron chi connectivity index (χ4n) is 2.25. The van der Waals surface area contributed by atoms with Gasteiger partial charge in [0, 0.05) is 18.7 Å². The molecular formula is C17H20N2O6S. The van der Waals surface area contributed by atoms with Crippen LogP contribution in [-0.4, -0.2) is 42.7 Å². The van der Waals surface area contributed by atoms with E-state index in [9.17, 15) is 13.2 Å². The van der Waals surface area contributed by atoms with Gasteiger partial charge in [-0.15, -0.1) is 0 Å². The van der Waals surface area contributed by atoms with E-state index in [0.717, 1.165) is 0 Å². The lowest BCUT2D eigenvalue weighted by atomic mass is 10.2. The lowest BCUT2D eigenvalue weighted by molar-refractivity contribution is 0.0963. The zero-order chi connectivity index (χ0) is 19.3. The first-order chi connectivity index (χ1) is 12.4. The summed E-state index contributed by atoms with van der Waals surface area (Å²) in [6, 6.07) is 8.83. The van der Waals surface area contributed by atoms with Gasteiger partial charge in [-0.3, -0.25) is 9.52 Å². The van der Waals surface area contributed by atoms with Gasteiger partial charge in [0.25, 0.3) is 15.9 Å².